The number of alkyl halides is 1. The quantitative estimate of drug-likeness (QED) is 0.858. The van der Waals surface area contributed by atoms with E-state index in [2.05, 4.69) is 10.2 Å². The Labute approximate surface area is 113 Å². The summed E-state index contributed by atoms with van der Waals surface area (Å²) in [5.74, 6) is 0.0525. The Morgan fingerprint density at radius 1 is 1.61 bits per heavy atom. The van der Waals surface area contributed by atoms with Gasteiger partial charge in [-0.3, -0.25) is 9.89 Å². The minimum atomic E-state index is 0.0525. The molecule has 0 aliphatic carbocycles. The number of hydrogen-bond donors (Lipinski definition) is 1. The van der Waals surface area contributed by atoms with Gasteiger partial charge in [0.2, 0.25) is 0 Å². The maximum atomic E-state index is 12.4. The second kappa shape index (κ2) is 6.23. The lowest BCUT2D eigenvalue weighted by Crippen LogP contribution is -2.41. The van der Waals surface area contributed by atoms with Crippen LogP contribution in [0, 0.1) is 0 Å². The van der Waals surface area contributed by atoms with Crippen molar-refractivity contribution in [2.24, 2.45) is 0 Å². The molecule has 0 saturated carbocycles. The first-order valence-corrected chi connectivity index (χ1v) is 7.06. The smallest absolute Gasteiger partial charge is 0.272 e. The molecule has 1 fully saturated rings. The fourth-order valence-electron chi connectivity index (χ4n) is 2.59. The third-order valence-electron chi connectivity index (χ3n) is 3.47. The lowest BCUT2D eigenvalue weighted by atomic mass is 10.0. The summed E-state index contributed by atoms with van der Waals surface area (Å²) in [5.41, 5.74) is 0.573. The Balaban J connectivity index is 2.12. The molecule has 1 aliphatic rings. The molecule has 1 N–H and O–H groups in total. The van der Waals surface area contributed by atoms with Crippen LogP contribution in [0.2, 0.25) is 0 Å². The number of halogens is 1. The summed E-state index contributed by atoms with van der Waals surface area (Å²) in [6.45, 7) is 2.82. The number of amides is 1. The number of hydrogen-bond acceptors (Lipinski definition) is 2. The van der Waals surface area contributed by atoms with Crippen LogP contribution in [0.5, 0.6) is 0 Å². The van der Waals surface area contributed by atoms with E-state index in [1.54, 1.807) is 12.3 Å². The molecule has 100 valence electrons. The Morgan fingerprint density at radius 2 is 2.44 bits per heavy atom. The molecule has 1 aromatic heterocycles. The van der Waals surface area contributed by atoms with Gasteiger partial charge in [-0.15, -0.1) is 11.6 Å². The van der Waals surface area contributed by atoms with Gasteiger partial charge in [0.25, 0.3) is 5.91 Å². The number of nitrogens with zero attached hydrogens (tertiary/aromatic N) is 2. The number of likely N-dealkylation sites (tertiary alicyclic amines) is 1. The van der Waals surface area contributed by atoms with E-state index in [-0.39, 0.29) is 17.3 Å². The van der Waals surface area contributed by atoms with Crippen LogP contribution in [0.15, 0.2) is 12.3 Å². The molecular weight excluding hydrogens is 250 g/mol. The Bertz CT molecular complexity index is 378. The molecule has 18 heavy (non-hydrogen) atoms. The van der Waals surface area contributed by atoms with Gasteiger partial charge in [0.15, 0.2) is 0 Å². The monoisotopic (exact) mass is 269 g/mol. The zero-order chi connectivity index (χ0) is 13.0. The van der Waals surface area contributed by atoms with Gasteiger partial charge in [0.1, 0.15) is 5.69 Å². The average molecular weight is 270 g/mol. The van der Waals surface area contributed by atoms with Crippen molar-refractivity contribution in [1.29, 1.82) is 0 Å². The molecule has 2 rings (SSSR count). The molecule has 1 aliphatic heterocycles. The molecule has 5 heteroatoms. The molecular formula is C13H20ClN3O. The summed E-state index contributed by atoms with van der Waals surface area (Å²) in [4.78, 5) is 14.4. The lowest BCUT2D eigenvalue weighted by Gasteiger charge is -2.30. The number of rotatable bonds is 3. The molecule has 0 bridgehead atoms. The maximum absolute atomic E-state index is 12.4. The minimum Gasteiger partial charge on any atom is -0.334 e. The van der Waals surface area contributed by atoms with E-state index in [9.17, 15) is 4.79 Å². The molecule has 4 nitrogen and oxygen atoms in total. The van der Waals surface area contributed by atoms with Gasteiger partial charge >= 0.3 is 0 Å². The van der Waals surface area contributed by atoms with Crippen molar-refractivity contribution in [1.82, 2.24) is 15.1 Å². The molecule has 1 saturated heterocycles. The van der Waals surface area contributed by atoms with Crippen LogP contribution in [-0.4, -0.2) is 39.0 Å². The molecule has 0 radical (unpaired) electrons. The predicted molar refractivity (Wildman–Crippen MR) is 71.8 cm³/mol. The zero-order valence-electron chi connectivity index (χ0n) is 10.7. The van der Waals surface area contributed by atoms with Gasteiger partial charge in [0.05, 0.1) is 0 Å². The third kappa shape index (κ3) is 3.25. The van der Waals surface area contributed by atoms with E-state index in [1.807, 2.05) is 11.8 Å². The van der Waals surface area contributed by atoms with E-state index >= 15 is 0 Å². The van der Waals surface area contributed by atoms with Crippen molar-refractivity contribution in [2.75, 3.05) is 6.54 Å². The van der Waals surface area contributed by atoms with E-state index in [0.29, 0.717) is 5.69 Å². The number of aromatic nitrogens is 2. The third-order valence-corrected chi connectivity index (χ3v) is 3.64. The SMILES string of the molecule is CC(Cl)CC1CCCCCN1C(=O)c1ccn[nH]1. The largest absolute Gasteiger partial charge is 0.334 e. The summed E-state index contributed by atoms with van der Waals surface area (Å²) in [6.07, 6.45) is 6.98. The zero-order valence-corrected chi connectivity index (χ0v) is 11.5. The van der Waals surface area contributed by atoms with Crippen LogP contribution in [0.4, 0.5) is 0 Å². The first-order chi connectivity index (χ1) is 8.68. The van der Waals surface area contributed by atoms with Crippen molar-refractivity contribution < 1.29 is 4.79 Å². The molecule has 2 heterocycles. The van der Waals surface area contributed by atoms with Crippen LogP contribution in [0.25, 0.3) is 0 Å². The van der Waals surface area contributed by atoms with Crippen LogP contribution in [-0.2, 0) is 0 Å². The van der Waals surface area contributed by atoms with E-state index in [4.69, 9.17) is 11.6 Å². The maximum Gasteiger partial charge on any atom is 0.272 e. The van der Waals surface area contributed by atoms with E-state index < -0.39 is 0 Å². The summed E-state index contributed by atoms with van der Waals surface area (Å²) in [7, 11) is 0. The molecule has 0 aromatic carbocycles. The number of carbonyl (C=O) groups is 1. The minimum absolute atomic E-state index is 0.0525. The van der Waals surface area contributed by atoms with Gasteiger partial charge in [-0.2, -0.15) is 5.10 Å². The van der Waals surface area contributed by atoms with Gasteiger partial charge in [0, 0.05) is 24.2 Å². The summed E-state index contributed by atoms with van der Waals surface area (Å²) in [5, 5.41) is 6.71. The van der Waals surface area contributed by atoms with E-state index in [1.165, 1.54) is 12.8 Å². The van der Waals surface area contributed by atoms with Crippen molar-refractivity contribution >= 4 is 17.5 Å². The summed E-state index contributed by atoms with van der Waals surface area (Å²) < 4.78 is 0. The number of carbonyl (C=O) groups excluding carboxylic acids is 1. The second-order valence-electron chi connectivity index (χ2n) is 4.99. The average Bonchev–Trinajstić information content (AvgIpc) is 2.76. The molecule has 1 aromatic rings. The summed E-state index contributed by atoms with van der Waals surface area (Å²) >= 11 is 6.10. The van der Waals surface area contributed by atoms with Crippen molar-refractivity contribution in [3.63, 3.8) is 0 Å². The second-order valence-corrected chi connectivity index (χ2v) is 5.73. The van der Waals surface area contributed by atoms with Crippen LogP contribution >= 0.6 is 11.6 Å². The molecule has 0 spiro atoms. The fraction of sp³-hybridized carbons (Fsp3) is 0.692. The molecule has 2 unspecified atom stereocenters. The Kier molecular flexibility index (Phi) is 4.64. The highest BCUT2D eigenvalue weighted by molar-refractivity contribution is 6.20. The normalized spacial score (nSPS) is 22.6. The van der Waals surface area contributed by atoms with Gasteiger partial charge in [-0.05, 0) is 32.3 Å². The standard InChI is InChI=1S/C13H20ClN3O/c1-10(14)9-11-5-3-2-4-8-17(11)13(18)12-6-7-15-16-12/h6-7,10-11H,2-5,8-9H2,1H3,(H,15,16). The van der Waals surface area contributed by atoms with Crippen LogP contribution in [0.1, 0.15) is 49.5 Å². The van der Waals surface area contributed by atoms with Crippen molar-refractivity contribution in [3.8, 4) is 0 Å². The number of H-pyrrole nitrogens is 1. The predicted octanol–water partition coefficient (Wildman–Crippen LogP) is 2.81. The Hall–Kier alpha value is -1.03. The lowest BCUT2D eigenvalue weighted by molar-refractivity contribution is 0.0668. The highest BCUT2D eigenvalue weighted by Gasteiger charge is 2.27. The van der Waals surface area contributed by atoms with Gasteiger partial charge in [-0.1, -0.05) is 12.8 Å². The molecule has 1 amide bonds. The Morgan fingerprint density at radius 3 is 3.11 bits per heavy atom. The van der Waals surface area contributed by atoms with Gasteiger partial charge < -0.3 is 4.90 Å². The van der Waals surface area contributed by atoms with Crippen molar-refractivity contribution in [3.05, 3.63) is 18.0 Å². The highest BCUT2D eigenvalue weighted by Crippen LogP contribution is 2.23. The van der Waals surface area contributed by atoms with Crippen LogP contribution < -0.4 is 0 Å². The number of aromatic amines is 1. The topological polar surface area (TPSA) is 49.0 Å². The van der Waals surface area contributed by atoms with Crippen LogP contribution in [0.3, 0.4) is 0 Å². The first kappa shape index (κ1) is 13.4. The highest BCUT2D eigenvalue weighted by atomic mass is 35.5. The summed E-state index contributed by atoms with van der Waals surface area (Å²) in [6, 6.07) is 1.99. The van der Waals surface area contributed by atoms with E-state index in [0.717, 1.165) is 25.8 Å². The molecule has 2 atom stereocenters. The number of nitrogens with one attached hydrogen (secondary N) is 1. The van der Waals surface area contributed by atoms with Crippen molar-refractivity contribution in [2.45, 2.75) is 50.4 Å². The van der Waals surface area contributed by atoms with Gasteiger partial charge in [-0.25, -0.2) is 0 Å². The fourth-order valence-corrected chi connectivity index (χ4v) is 2.80. The first-order valence-electron chi connectivity index (χ1n) is 6.63.